The van der Waals surface area contributed by atoms with Crippen LogP contribution in [0, 0.1) is 51.2 Å². The molecule has 4 saturated carbocycles. The van der Waals surface area contributed by atoms with E-state index in [1.807, 2.05) is 12.1 Å². The number of fused-ring (bicyclic) bond motifs is 7. The molecule has 4 fully saturated rings. The number of thiocarbonyl (C=S) groups is 1. The molecule has 43 heavy (non-hydrogen) atoms. The van der Waals surface area contributed by atoms with Gasteiger partial charge in [-0.05, 0) is 146 Å². The standard InChI is InChI=1S/C39H55NO2S/c1-24(2)28-16-21-39(40-25(3)43)23-22-37(7)30(33(28)39)14-15-32-36(6)19-17-29(26-10-12-27(13-11-26)34(41)42-9)35(4,5)31(36)18-20-38(32,37)8/h10-13,17,28,30-33H,1,14-16,18-23H2,2-9H3,(H,40,43)/t28-,30+,31-,32+,33+,36-,37+,38+,39-/m0/s1. The summed E-state index contributed by atoms with van der Waals surface area (Å²) in [6.45, 7) is 22.0. The van der Waals surface area contributed by atoms with E-state index in [1.165, 1.54) is 75.2 Å². The maximum Gasteiger partial charge on any atom is 0.337 e. The van der Waals surface area contributed by atoms with Crippen LogP contribution in [0.25, 0.3) is 5.57 Å². The van der Waals surface area contributed by atoms with E-state index in [0.717, 1.165) is 17.3 Å². The molecule has 0 radical (unpaired) electrons. The van der Waals surface area contributed by atoms with Crippen LogP contribution in [0.15, 0.2) is 42.5 Å². The van der Waals surface area contributed by atoms with E-state index in [9.17, 15) is 4.79 Å². The second kappa shape index (κ2) is 10.3. The lowest BCUT2D eigenvalue weighted by Crippen LogP contribution is -2.68. The number of rotatable bonds is 4. The Morgan fingerprint density at radius 2 is 1.60 bits per heavy atom. The normalized spacial score (nSPS) is 42.8. The number of methoxy groups -OCH3 is 1. The van der Waals surface area contributed by atoms with E-state index < -0.39 is 0 Å². The zero-order valence-electron chi connectivity index (χ0n) is 28.1. The second-order valence-electron chi connectivity index (χ2n) is 16.6. The van der Waals surface area contributed by atoms with Crippen LogP contribution in [0.1, 0.15) is 122 Å². The number of esters is 1. The molecule has 3 nitrogen and oxygen atoms in total. The molecule has 0 saturated heterocycles. The van der Waals surface area contributed by atoms with Gasteiger partial charge in [0.2, 0.25) is 0 Å². The molecule has 9 atom stereocenters. The van der Waals surface area contributed by atoms with Gasteiger partial charge in [0.25, 0.3) is 0 Å². The maximum absolute atomic E-state index is 12.1. The minimum absolute atomic E-state index is 0.0673. The number of carbonyl (C=O) groups is 1. The Labute approximate surface area is 266 Å². The monoisotopic (exact) mass is 601 g/mol. The van der Waals surface area contributed by atoms with Crippen LogP contribution in [0.3, 0.4) is 0 Å². The summed E-state index contributed by atoms with van der Waals surface area (Å²) in [5, 5.41) is 3.93. The molecule has 0 aliphatic heterocycles. The van der Waals surface area contributed by atoms with Gasteiger partial charge in [0.05, 0.1) is 17.7 Å². The highest BCUT2D eigenvalue weighted by Crippen LogP contribution is 2.76. The van der Waals surface area contributed by atoms with E-state index in [1.54, 1.807) is 0 Å². The Hall–Kier alpha value is -1.94. The second-order valence-corrected chi connectivity index (χ2v) is 17.2. The lowest BCUT2D eigenvalue weighted by Gasteiger charge is -2.72. The number of carbonyl (C=O) groups excluding carboxylic acids is 1. The summed E-state index contributed by atoms with van der Waals surface area (Å²) in [7, 11) is 1.45. The van der Waals surface area contributed by atoms with Crippen molar-refractivity contribution in [3.8, 4) is 0 Å². The molecule has 4 heteroatoms. The number of nitrogens with one attached hydrogen (secondary N) is 1. The van der Waals surface area contributed by atoms with Gasteiger partial charge in [-0.25, -0.2) is 4.79 Å². The molecule has 0 aromatic heterocycles. The van der Waals surface area contributed by atoms with E-state index in [-0.39, 0.29) is 22.3 Å². The van der Waals surface area contributed by atoms with Crippen molar-refractivity contribution in [1.29, 1.82) is 0 Å². The van der Waals surface area contributed by atoms with Crippen LogP contribution in [0.5, 0.6) is 0 Å². The van der Waals surface area contributed by atoms with Gasteiger partial charge in [0, 0.05) is 5.54 Å². The van der Waals surface area contributed by atoms with Gasteiger partial charge in [-0.3, -0.25) is 0 Å². The van der Waals surface area contributed by atoms with Crippen molar-refractivity contribution in [3.05, 3.63) is 53.6 Å². The first kappa shape index (κ1) is 31.1. The fraction of sp³-hybridized carbons (Fsp3) is 0.692. The fourth-order valence-corrected chi connectivity index (χ4v) is 12.9. The number of ether oxygens (including phenoxy) is 1. The summed E-state index contributed by atoms with van der Waals surface area (Å²) in [4.78, 5) is 13.0. The Kier molecular flexibility index (Phi) is 7.43. The Balaban J connectivity index is 1.35. The minimum atomic E-state index is -0.271. The molecule has 1 aromatic rings. The van der Waals surface area contributed by atoms with Crippen LogP contribution < -0.4 is 5.32 Å². The maximum atomic E-state index is 12.1. The van der Waals surface area contributed by atoms with E-state index >= 15 is 0 Å². The quantitative estimate of drug-likeness (QED) is 0.212. The third-order valence-corrected chi connectivity index (χ3v) is 14.8. The molecule has 1 N–H and O–H groups in total. The van der Waals surface area contributed by atoms with Gasteiger partial charge in [-0.15, -0.1) is 0 Å². The molecule has 0 amide bonds. The van der Waals surface area contributed by atoms with Crippen molar-refractivity contribution in [3.63, 3.8) is 0 Å². The summed E-state index contributed by atoms with van der Waals surface area (Å²) < 4.78 is 4.95. The number of hydrogen-bond donors (Lipinski definition) is 1. The van der Waals surface area contributed by atoms with Crippen LogP contribution >= 0.6 is 12.2 Å². The van der Waals surface area contributed by atoms with Gasteiger partial charge < -0.3 is 10.1 Å². The third kappa shape index (κ3) is 4.31. The smallest absolute Gasteiger partial charge is 0.337 e. The van der Waals surface area contributed by atoms with E-state index in [4.69, 9.17) is 17.0 Å². The van der Waals surface area contributed by atoms with Crippen LogP contribution in [0.2, 0.25) is 0 Å². The fourth-order valence-electron chi connectivity index (χ4n) is 12.7. The molecule has 234 valence electrons. The molecular weight excluding hydrogens is 547 g/mol. The highest BCUT2D eigenvalue weighted by Gasteiger charge is 2.70. The molecule has 6 rings (SSSR count). The predicted molar refractivity (Wildman–Crippen MR) is 182 cm³/mol. The van der Waals surface area contributed by atoms with Crippen molar-refractivity contribution in [2.45, 2.75) is 112 Å². The van der Waals surface area contributed by atoms with Crippen molar-refractivity contribution >= 4 is 28.7 Å². The number of benzene rings is 1. The largest absolute Gasteiger partial charge is 0.465 e. The molecule has 0 heterocycles. The Morgan fingerprint density at radius 3 is 2.23 bits per heavy atom. The third-order valence-electron chi connectivity index (χ3n) is 14.7. The average molecular weight is 602 g/mol. The van der Waals surface area contributed by atoms with Crippen molar-refractivity contribution in [1.82, 2.24) is 5.32 Å². The van der Waals surface area contributed by atoms with Crippen molar-refractivity contribution in [2.75, 3.05) is 7.11 Å². The van der Waals surface area contributed by atoms with Gasteiger partial charge in [-0.2, -0.15) is 0 Å². The van der Waals surface area contributed by atoms with E-state index in [2.05, 4.69) is 78.6 Å². The lowest BCUT2D eigenvalue weighted by molar-refractivity contribution is -0.218. The van der Waals surface area contributed by atoms with Gasteiger partial charge >= 0.3 is 5.97 Å². The molecule has 5 aliphatic rings. The summed E-state index contributed by atoms with van der Waals surface area (Å²) in [5.74, 6) is 3.03. The highest BCUT2D eigenvalue weighted by atomic mass is 32.1. The summed E-state index contributed by atoms with van der Waals surface area (Å²) in [5.41, 5.74) is 5.85. The van der Waals surface area contributed by atoms with Crippen molar-refractivity contribution < 1.29 is 9.53 Å². The molecule has 0 unspecified atom stereocenters. The zero-order valence-corrected chi connectivity index (χ0v) is 28.9. The minimum Gasteiger partial charge on any atom is -0.465 e. The van der Waals surface area contributed by atoms with Crippen LogP contribution in [0.4, 0.5) is 0 Å². The van der Waals surface area contributed by atoms with Gasteiger partial charge in [0.15, 0.2) is 0 Å². The predicted octanol–water partition coefficient (Wildman–Crippen LogP) is 9.81. The van der Waals surface area contributed by atoms with Crippen molar-refractivity contribution in [2.24, 2.45) is 51.2 Å². The van der Waals surface area contributed by atoms with E-state index in [0.29, 0.717) is 40.1 Å². The topological polar surface area (TPSA) is 38.3 Å². The Bertz CT molecular complexity index is 1360. The summed E-state index contributed by atoms with van der Waals surface area (Å²) in [6, 6.07) is 8.12. The first-order valence-corrected chi connectivity index (χ1v) is 17.4. The molecule has 1 aromatic carbocycles. The van der Waals surface area contributed by atoms with Gasteiger partial charge in [-0.1, -0.05) is 77.2 Å². The zero-order chi connectivity index (χ0) is 31.2. The molecular formula is C39H55NO2S. The molecule has 5 aliphatic carbocycles. The highest BCUT2D eigenvalue weighted by molar-refractivity contribution is 7.80. The lowest BCUT2D eigenvalue weighted by atomic mass is 9.33. The number of allylic oxidation sites excluding steroid dienone is 3. The summed E-state index contributed by atoms with van der Waals surface area (Å²) in [6.07, 6.45) is 14.0. The average Bonchev–Trinajstić information content (AvgIpc) is 3.32. The van der Waals surface area contributed by atoms with Gasteiger partial charge in [0.1, 0.15) is 0 Å². The first-order valence-electron chi connectivity index (χ1n) is 17.0. The molecule has 0 bridgehead atoms. The Morgan fingerprint density at radius 1 is 0.907 bits per heavy atom. The first-order chi connectivity index (χ1) is 20.1. The summed E-state index contributed by atoms with van der Waals surface area (Å²) >= 11 is 5.70. The number of hydrogen-bond acceptors (Lipinski definition) is 3. The van der Waals surface area contributed by atoms with Crippen LogP contribution in [-0.2, 0) is 4.74 Å². The van der Waals surface area contributed by atoms with Crippen LogP contribution in [-0.4, -0.2) is 23.6 Å². The molecule has 0 spiro atoms. The SMILES string of the molecule is C=C(C)[C@@H]1CC[C@]2(NC(C)=S)CC[C@]3(C)[C@H](CC[C@@H]4[C@@]5(C)CC=C(c6ccc(C(=O)OC)cc6)C(C)(C)[C@@H]5CC[C@]43C)[C@@H]12.